The zero-order valence-electron chi connectivity index (χ0n) is 12.1. The van der Waals surface area contributed by atoms with Crippen LogP contribution in [0.2, 0.25) is 0 Å². The third kappa shape index (κ3) is 2.93. The number of aryl methyl sites for hydroxylation is 1. The summed E-state index contributed by atoms with van der Waals surface area (Å²) in [7, 11) is -2.03. The van der Waals surface area contributed by atoms with E-state index in [1.807, 2.05) is 0 Å². The predicted octanol–water partition coefficient (Wildman–Crippen LogP) is 2.57. The van der Waals surface area contributed by atoms with Gasteiger partial charge in [-0.1, -0.05) is 0 Å². The molecule has 0 bridgehead atoms. The molecule has 1 heterocycles. The van der Waals surface area contributed by atoms with Crippen LogP contribution in [-0.4, -0.2) is 17.8 Å². The van der Waals surface area contributed by atoms with Crippen LogP contribution in [0.3, 0.4) is 0 Å². The molecule has 21 heavy (non-hydrogen) atoms. The number of nitrogens with zero attached hydrogens (tertiary/aromatic N) is 1. The quantitative estimate of drug-likeness (QED) is 0.796. The summed E-state index contributed by atoms with van der Waals surface area (Å²) in [6.07, 6.45) is 1.39. The Morgan fingerprint density at radius 1 is 1.24 bits per heavy atom. The lowest BCUT2D eigenvalue weighted by atomic mass is 10.2. The Hall–Kier alpha value is -1.49. The van der Waals surface area contributed by atoms with Crippen molar-refractivity contribution in [2.75, 3.05) is 13.2 Å². The molecule has 0 saturated carbocycles. The molecule has 0 N–H and O–H groups in total. The first-order valence-electron chi connectivity index (χ1n) is 6.61. The van der Waals surface area contributed by atoms with Crippen molar-refractivity contribution >= 4 is 23.8 Å². The minimum Gasteiger partial charge on any atom is -0.349 e. The fourth-order valence-electron chi connectivity index (χ4n) is 2.15. The summed E-state index contributed by atoms with van der Waals surface area (Å²) in [5.74, 6) is -0.442. The second kappa shape index (κ2) is 6.10. The molecule has 2 aromatic rings. The van der Waals surface area contributed by atoms with Gasteiger partial charge in [0.2, 0.25) is 5.43 Å². The molecule has 2 rings (SSSR count). The van der Waals surface area contributed by atoms with Crippen molar-refractivity contribution in [1.82, 2.24) is 4.57 Å². The van der Waals surface area contributed by atoms with Gasteiger partial charge in [-0.3, -0.25) is 9.36 Å². The van der Waals surface area contributed by atoms with E-state index in [0.717, 1.165) is 0 Å². The Morgan fingerprint density at radius 3 is 2.43 bits per heavy atom. The fraction of sp³-hybridized carbons (Fsp3) is 0.357. The standard InChI is InChI=1S/C14H17FNO4P/c1-4-19-21(18,20-5-2)13-9-16(3)12-8-10(15)6-7-11(12)14(13)17/h6-9H,4-5H2,1-3H3. The summed E-state index contributed by atoms with van der Waals surface area (Å²) in [6.45, 7) is 3.66. The highest BCUT2D eigenvalue weighted by atomic mass is 31.2. The van der Waals surface area contributed by atoms with Crippen molar-refractivity contribution in [1.29, 1.82) is 0 Å². The van der Waals surface area contributed by atoms with Crippen LogP contribution in [-0.2, 0) is 20.7 Å². The van der Waals surface area contributed by atoms with Crippen LogP contribution >= 0.6 is 7.60 Å². The molecule has 1 aromatic heterocycles. The van der Waals surface area contributed by atoms with Crippen LogP contribution in [0.1, 0.15) is 13.8 Å². The molecule has 0 amide bonds. The van der Waals surface area contributed by atoms with Crippen molar-refractivity contribution in [2.24, 2.45) is 7.05 Å². The second-order valence-electron chi connectivity index (χ2n) is 4.45. The molecule has 0 unspecified atom stereocenters. The lowest BCUT2D eigenvalue weighted by molar-refractivity contribution is 0.229. The molecule has 0 fully saturated rings. The van der Waals surface area contributed by atoms with E-state index in [1.54, 1.807) is 25.5 Å². The van der Waals surface area contributed by atoms with Crippen LogP contribution in [0.25, 0.3) is 10.9 Å². The van der Waals surface area contributed by atoms with Gasteiger partial charge < -0.3 is 13.6 Å². The molecule has 0 atom stereocenters. The number of pyridine rings is 1. The highest BCUT2D eigenvalue weighted by molar-refractivity contribution is 7.62. The monoisotopic (exact) mass is 313 g/mol. The van der Waals surface area contributed by atoms with Crippen molar-refractivity contribution < 1.29 is 18.0 Å². The van der Waals surface area contributed by atoms with Gasteiger partial charge in [0.25, 0.3) is 0 Å². The first-order chi connectivity index (χ1) is 9.92. The summed E-state index contributed by atoms with van der Waals surface area (Å²) in [5, 5.41) is 0.240. The predicted molar refractivity (Wildman–Crippen MR) is 79.6 cm³/mol. The number of hydrogen-bond donors (Lipinski definition) is 0. The largest absolute Gasteiger partial charge is 0.366 e. The van der Waals surface area contributed by atoms with E-state index in [9.17, 15) is 13.8 Å². The zero-order chi connectivity index (χ0) is 15.6. The molecule has 5 nitrogen and oxygen atoms in total. The van der Waals surface area contributed by atoms with Gasteiger partial charge in [0, 0.05) is 18.6 Å². The minimum absolute atomic E-state index is 0.0344. The minimum atomic E-state index is -3.68. The summed E-state index contributed by atoms with van der Waals surface area (Å²) in [6, 6.07) is 3.82. The molecular weight excluding hydrogens is 296 g/mol. The van der Waals surface area contributed by atoms with Crippen LogP contribution in [0.5, 0.6) is 0 Å². The van der Waals surface area contributed by atoms with E-state index in [0.29, 0.717) is 5.52 Å². The molecule has 1 aromatic carbocycles. The van der Waals surface area contributed by atoms with Gasteiger partial charge in [-0.15, -0.1) is 0 Å². The summed E-state index contributed by atoms with van der Waals surface area (Å²) < 4.78 is 38.0. The lowest BCUT2D eigenvalue weighted by Crippen LogP contribution is -2.29. The number of halogens is 1. The Labute approximate surface area is 121 Å². The number of fused-ring (bicyclic) bond motifs is 1. The van der Waals surface area contributed by atoms with E-state index in [-0.39, 0.29) is 23.9 Å². The van der Waals surface area contributed by atoms with Crippen LogP contribution in [0, 0.1) is 5.82 Å². The number of rotatable bonds is 5. The Bertz CT molecular complexity index is 761. The number of hydrogen-bond acceptors (Lipinski definition) is 4. The second-order valence-corrected chi connectivity index (χ2v) is 6.44. The SMILES string of the molecule is CCOP(=O)(OCC)c1cn(C)c2cc(F)ccc2c1=O. The Morgan fingerprint density at radius 2 is 1.86 bits per heavy atom. The lowest BCUT2D eigenvalue weighted by Gasteiger charge is -2.18. The van der Waals surface area contributed by atoms with Gasteiger partial charge >= 0.3 is 7.60 Å². The normalized spacial score (nSPS) is 12.0. The average Bonchev–Trinajstić information content (AvgIpc) is 2.43. The van der Waals surface area contributed by atoms with Gasteiger partial charge in [-0.2, -0.15) is 0 Å². The summed E-state index contributed by atoms with van der Waals surface area (Å²) >= 11 is 0. The maximum absolute atomic E-state index is 13.3. The molecule has 0 spiro atoms. The molecule has 0 saturated heterocycles. The fourth-order valence-corrected chi connectivity index (χ4v) is 3.87. The van der Waals surface area contributed by atoms with Crippen LogP contribution < -0.4 is 10.7 Å². The molecule has 0 aliphatic rings. The Balaban J connectivity index is 2.76. The maximum atomic E-state index is 13.3. The molecule has 114 valence electrons. The zero-order valence-corrected chi connectivity index (χ0v) is 13.0. The number of benzene rings is 1. The first kappa shape index (κ1) is 15.9. The maximum Gasteiger partial charge on any atom is 0.366 e. The summed E-state index contributed by atoms with van der Waals surface area (Å²) in [4.78, 5) is 12.5. The van der Waals surface area contributed by atoms with Gasteiger partial charge in [-0.05, 0) is 32.0 Å². The van der Waals surface area contributed by atoms with Crippen molar-refractivity contribution in [3.8, 4) is 0 Å². The third-order valence-corrected chi connectivity index (χ3v) is 5.13. The van der Waals surface area contributed by atoms with Crippen LogP contribution in [0.4, 0.5) is 4.39 Å². The summed E-state index contributed by atoms with van der Waals surface area (Å²) in [5.41, 5.74) is -0.0448. The smallest absolute Gasteiger partial charge is 0.349 e. The van der Waals surface area contributed by atoms with Gasteiger partial charge in [-0.25, -0.2) is 4.39 Å². The van der Waals surface area contributed by atoms with Crippen molar-refractivity contribution in [2.45, 2.75) is 13.8 Å². The van der Waals surface area contributed by atoms with Crippen molar-refractivity contribution in [3.05, 3.63) is 40.4 Å². The molecule has 0 radical (unpaired) electrons. The van der Waals surface area contributed by atoms with Gasteiger partial charge in [0.1, 0.15) is 11.1 Å². The highest BCUT2D eigenvalue weighted by Crippen LogP contribution is 2.45. The molecule has 0 aliphatic carbocycles. The van der Waals surface area contributed by atoms with E-state index in [4.69, 9.17) is 9.05 Å². The van der Waals surface area contributed by atoms with Crippen molar-refractivity contribution in [3.63, 3.8) is 0 Å². The first-order valence-corrected chi connectivity index (χ1v) is 8.15. The van der Waals surface area contributed by atoms with E-state index >= 15 is 0 Å². The Kier molecular flexibility index (Phi) is 4.61. The van der Waals surface area contributed by atoms with E-state index in [2.05, 4.69) is 0 Å². The van der Waals surface area contributed by atoms with E-state index in [1.165, 1.54) is 24.4 Å². The third-order valence-electron chi connectivity index (χ3n) is 3.03. The van der Waals surface area contributed by atoms with E-state index < -0.39 is 18.8 Å². The average molecular weight is 313 g/mol. The topological polar surface area (TPSA) is 57.5 Å². The number of aromatic nitrogens is 1. The molecule has 7 heteroatoms. The van der Waals surface area contributed by atoms with Gasteiger partial charge in [0.05, 0.1) is 18.7 Å². The molecular formula is C14H17FNO4P. The highest BCUT2D eigenvalue weighted by Gasteiger charge is 2.31. The molecule has 0 aliphatic heterocycles. The van der Waals surface area contributed by atoms with Gasteiger partial charge in [0.15, 0.2) is 0 Å². The van der Waals surface area contributed by atoms with Crippen LogP contribution in [0.15, 0.2) is 29.2 Å².